The van der Waals surface area contributed by atoms with Gasteiger partial charge in [0.05, 0.1) is 24.1 Å². The Kier molecular flexibility index (Phi) is 5.51. The normalized spacial score (nSPS) is 9.82. The number of nitrogens with zero attached hydrogens (tertiary/aromatic N) is 3. The third-order valence-electron chi connectivity index (χ3n) is 2.75. The third kappa shape index (κ3) is 3.47. The van der Waals surface area contributed by atoms with Gasteiger partial charge >= 0.3 is 0 Å². The van der Waals surface area contributed by atoms with Crippen molar-refractivity contribution in [1.29, 1.82) is 5.26 Å². The molecule has 0 unspecified atom stereocenters. The van der Waals surface area contributed by atoms with Crippen molar-refractivity contribution in [2.45, 2.75) is 32.1 Å². The predicted molar refractivity (Wildman–Crippen MR) is 70.2 cm³/mol. The number of rotatable bonds is 5. The van der Waals surface area contributed by atoms with E-state index in [4.69, 9.17) is 5.26 Å². The van der Waals surface area contributed by atoms with Gasteiger partial charge in [0.15, 0.2) is 0 Å². The van der Waals surface area contributed by atoms with Gasteiger partial charge in [-0.2, -0.15) is 5.26 Å². The first-order chi connectivity index (χ1) is 7.92. The smallest absolute Gasteiger partial charge is 0.0994 e. The van der Waals surface area contributed by atoms with Crippen molar-refractivity contribution in [3.8, 4) is 6.07 Å². The molecule has 4 heteroatoms. The summed E-state index contributed by atoms with van der Waals surface area (Å²) in [5, 5.41) is 8.43. The minimum atomic E-state index is 0. The highest BCUT2D eigenvalue weighted by molar-refractivity contribution is 5.85. The number of aromatic nitrogens is 2. The molecule has 0 spiro atoms. The summed E-state index contributed by atoms with van der Waals surface area (Å²) in [5.74, 6) is 0. The van der Waals surface area contributed by atoms with E-state index in [-0.39, 0.29) is 12.4 Å². The topological polar surface area (TPSA) is 41.1 Å². The monoisotopic (exact) mass is 249 g/mol. The summed E-state index contributed by atoms with van der Waals surface area (Å²) < 4.78 is 2.13. The van der Waals surface area contributed by atoms with E-state index in [0.717, 1.165) is 31.2 Å². The standard InChI is InChI=1S/C13H15N3.ClH/c14-9-4-2-1-3-6-12-7-5-8-13-10-15-11-16(12)13;/h5,7-8,10-11H,1-4,6H2;1H. The van der Waals surface area contributed by atoms with E-state index in [1.165, 1.54) is 5.69 Å². The lowest BCUT2D eigenvalue weighted by molar-refractivity contribution is 0.678. The summed E-state index contributed by atoms with van der Waals surface area (Å²) in [7, 11) is 0. The summed E-state index contributed by atoms with van der Waals surface area (Å²) in [5.41, 5.74) is 2.45. The predicted octanol–water partition coefficient (Wildman–Crippen LogP) is 3.38. The molecule has 2 heterocycles. The highest BCUT2D eigenvalue weighted by Gasteiger charge is 1.99. The molecule has 0 aliphatic carbocycles. The molecular weight excluding hydrogens is 234 g/mol. The maximum Gasteiger partial charge on any atom is 0.0994 e. The molecular formula is C13H16ClN3. The highest BCUT2D eigenvalue weighted by atomic mass is 35.5. The number of fused-ring (bicyclic) bond motifs is 1. The molecule has 90 valence electrons. The molecule has 2 aromatic heterocycles. The Morgan fingerprint density at radius 1 is 1.24 bits per heavy atom. The number of aryl methyl sites for hydroxylation is 1. The fourth-order valence-electron chi connectivity index (χ4n) is 1.90. The zero-order valence-electron chi connectivity index (χ0n) is 9.67. The first-order valence-corrected chi connectivity index (χ1v) is 5.69. The maximum atomic E-state index is 8.43. The van der Waals surface area contributed by atoms with Crippen LogP contribution in [0.1, 0.15) is 31.4 Å². The second-order valence-corrected chi connectivity index (χ2v) is 3.92. The molecule has 0 aromatic carbocycles. The van der Waals surface area contributed by atoms with Gasteiger partial charge in [-0.15, -0.1) is 12.4 Å². The lowest BCUT2D eigenvalue weighted by Gasteiger charge is -2.04. The number of pyridine rings is 1. The Morgan fingerprint density at radius 2 is 2.12 bits per heavy atom. The zero-order valence-corrected chi connectivity index (χ0v) is 10.5. The fourth-order valence-corrected chi connectivity index (χ4v) is 1.90. The van der Waals surface area contributed by atoms with Crippen molar-refractivity contribution in [3.63, 3.8) is 0 Å². The molecule has 0 amide bonds. The molecule has 2 aromatic rings. The first-order valence-electron chi connectivity index (χ1n) is 5.69. The van der Waals surface area contributed by atoms with Gasteiger partial charge in [-0.25, -0.2) is 4.98 Å². The van der Waals surface area contributed by atoms with Crippen LogP contribution in [0, 0.1) is 11.3 Å². The van der Waals surface area contributed by atoms with Crippen molar-refractivity contribution in [1.82, 2.24) is 9.38 Å². The summed E-state index contributed by atoms with van der Waals surface area (Å²) in [6.07, 6.45) is 8.74. The quantitative estimate of drug-likeness (QED) is 0.763. The maximum absolute atomic E-state index is 8.43. The Hall–Kier alpha value is -1.53. The number of halogens is 1. The fraction of sp³-hybridized carbons (Fsp3) is 0.385. The van der Waals surface area contributed by atoms with Crippen LogP contribution in [0.5, 0.6) is 0 Å². The third-order valence-corrected chi connectivity index (χ3v) is 2.75. The number of hydrogen-bond donors (Lipinski definition) is 0. The van der Waals surface area contributed by atoms with Crippen molar-refractivity contribution in [3.05, 3.63) is 36.4 Å². The van der Waals surface area contributed by atoms with E-state index in [1.807, 2.05) is 12.5 Å². The highest BCUT2D eigenvalue weighted by Crippen LogP contribution is 2.11. The van der Waals surface area contributed by atoms with E-state index >= 15 is 0 Å². The molecule has 0 N–H and O–H groups in total. The van der Waals surface area contributed by atoms with Crippen LogP contribution in [-0.4, -0.2) is 9.38 Å². The molecule has 0 atom stereocenters. The van der Waals surface area contributed by atoms with Crippen LogP contribution in [0.3, 0.4) is 0 Å². The molecule has 0 fully saturated rings. The van der Waals surface area contributed by atoms with E-state index in [9.17, 15) is 0 Å². The van der Waals surface area contributed by atoms with Crippen molar-refractivity contribution >= 4 is 17.9 Å². The minimum Gasteiger partial charge on any atom is -0.303 e. The van der Waals surface area contributed by atoms with E-state index < -0.39 is 0 Å². The minimum absolute atomic E-state index is 0. The Labute approximate surface area is 108 Å². The number of imidazole rings is 1. The molecule has 17 heavy (non-hydrogen) atoms. The zero-order chi connectivity index (χ0) is 11.2. The summed E-state index contributed by atoms with van der Waals surface area (Å²) in [6, 6.07) is 8.45. The molecule has 0 bridgehead atoms. The average Bonchev–Trinajstić information content (AvgIpc) is 2.77. The van der Waals surface area contributed by atoms with Crippen molar-refractivity contribution in [2.24, 2.45) is 0 Å². The summed E-state index contributed by atoms with van der Waals surface area (Å²) >= 11 is 0. The van der Waals surface area contributed by atoms with Crippen LogP contribution in [-0.2, 0) is 6.42 Å². The second kappa shape index (κ2) is 6.93. The molecule has 0 aliphatic rings. The van der Waals surface area contributed by atoms with Crippen LogP contribution in [0.4, 0.5) is 0 Å². The molecule has 0 saturated heterocycles. The van der Waals surface area contributed by atoms with Crippen molar-refractivity contribution in [2.75, 3.05) is 0 Å². The molecule has 0 saturated carbocycles. The SMILES string of the molecule is Cl.N#CCCCCCc1cccc2cncn12. The van der Waals surface area contributed by atoms with Gasteiger partial charge in [0.1, 0.15) is 0 Å². The van der Waals surface area contributed by atoms with Gasteiger partial charge in [-0.1, -0.05) is 12.5 Å². The van der Waals surface area contributed by atoms with Gasteiger partial charge in [0, 0.05) is 12.1 Å². The van der Waals surface area contributed by atoms with Crippen LogP contribution in [0.25, 0.3) is 5.52 Å². The second-order valence-electron chi connectivity index (χ2n) is 3.92. The lowest BCUT2D eigenvalue weighted by atomic mass is 10.1. The molecule has 0 radical (unpaired) electrons. The largest absolute Gasteiger partial charge is 0.303 e. The lowest BCUT2D eigenvalue weighted by Crippen LogP contribution is -1.95. The number of unbranched alkanes of at least 4 members (excludes halogenated alkanes) is 3. The van der Waals surface area contributed by atoms with Gasteiger partial charge < -0.3 is 4.40 Å². The molecule has 2 rings (SSSR count). The summed E-state index contributed by atoms with van der Waals surface area (Å²) in [6.45, 7) is 0. The Morgan fingerprint density at radius 3 is 2.94 bits per heavy atom. The number of hydrogen-bond acceptors (Lipinski definition) is 2. The average molecular weight is 250 g/mol. The molecule has 3 nitrogen and oxygen atoms in total. The van der Waals surface area contributed by atoms with Crippen LogP contribution in [0.2, 0.25) is 0 Å². The molecule has 0 aliphatic heterocycles. The van der Waals surface area contributed by atoms with Crippen LogP contribution >= 0.6 is 12.4 Å². The van der Waals surface area contributed by atoms with Crippen molar-refractivity contribution < 1.29 is 0 Å². The van der Waals surface area contributed by atoms with E-state index in [2.05, 4.69) is 33.7 Å². The van der Waals surface area contributed by atoms with Gasteiger partial charge in [0.25, 0.3) is 0 Å². The number of nitriles is 1. The Balaban J connectivity index is 0.00000144. The van der Waals surface area contributed by atoms with Crippen LogP contribution in [0.15, 0.2) is 30.7 Å². The Bertz CT molecular complexity index is 499. The summed E-state index contributed by atoms with van der Waals surface area (Å²) in [4.78, 5) is 4.14. The van der Waals surface area contributed by atoms with Gasteiger partial charge in [0.2, 0.25) is 0 Å². The van der Waals surface area contributed by atoms with Gasteiger partial charge in [-0.05, 0) is 31.4 Å². The van der Waals surface area contributed by atoms with E-state index in [0.29, 0.717) is 6.42 Å². The first kappa shape index (κ1) is 13.5. The van der Waals surface area contributed by atoms with Gasteiger partial charge in [-0.3, -0.25) is 0 Å². The van der Waals surface area contributed by atoms with Crippen LogP contribution < -0.4 is 0 Å². The van der Waals surface area contributed by atoms with E-state index in [1.54, 1.807) is 0 Å².